The molecule has 0 fully saturated rings. The van der Waals surface area contributed by atoms with Gasteiger partial charge in [0.2, 0.25) is 0 Å². The van der Waals surface area contributed by atoms with Crippen molar-refractivity contribution in [2.24, 2.45) is 0 Å². The van der Waals surface area contributed by atoms with Crippen LogP contribution in [0.1, 0.15) is 17.5 Å². The first-order valence-electron chi connectivity index (χ1n) is 5.29. The quantitative estimate of drug-likeness (QED) is 0.450. The third kappa shape index (κ3) is 4.45. The zero-order valence-corrected chi connectivity index (χ0v) is 9.96. The Morgan fingerprint density at radius 2 is 2.18 bits per heavy atom. The third-order valence-electron chi connectivity index (χ3n) is 1.87. The first-order chi connectivity index (χ1) is 8.29. The summed E-state index contributed by atoms with van der Waals surface area (Å²) in [6.45, 7) is 3.83. The molecule has 0 saturated carbocycles. The first kappa shape index (κ1) is 13.5. The summed E-state index contributed by atoms with van der Waals surface area (Å²) in [4.78, 5) is 11.4. The molecule has 0 aliphatic carbocycles. The van der Waals surface area contributed by atoms with Gasteiger partial charge in [0.15, 0.2) is 0 Å². The maximum Gasteiger partial charge on any atom is 0.378 e. The van der Waals surface area contributed by atoms with E-state index in [4.69, 9.17) is 14.2 Å². The topological polar surface area (TPSA) is 88.4 Å². The van der Waals surface area contributed by atoms with Crippen molar-refractivity contribution in [1.29, 1.82) is 0 Å². The Hall–Kier alpha value is -1.54. The van der Waals surface area contributed by atoms with Gasteiger partial charge in [-0.1, -0.05) is 0 Å². The predicted octanol–water partition coefficient (Wildman–Crippen LogP) is -0.487. The molecule has 0 atom stereocenters. The zero-order chi connectivity index (χ0) is 12.5. The molecule has 0 aliphatic heterocycles. The number of aromatic nitrogens is 4. The molecule has 0 aliphatic rings. The lowest BCUT2D eigenvalue weighted by atomic mass is 10.5. The van der Waals surface area contributed by atoms with Gasteiger partial charge < -0.3 is 14.2 Å². The van der Waals surface area contributed by atoms with Crippen LogP contribution in [0.3, 0.4) is 0 Å². The average Bonchev–Trinajstić information content (AvgIpc) is 2.77. The number of nitrogens with zero attached hydrogens (tertiary/aromatic N) is 4. The van der Waals surface area contributed by atoms with Crippen LogP contribution in [0.4, 0.5) is 0 Å². The van der Waals surface area contributed by atoms with Crippen LogP contribution >= 0.6 is 0 Å². The third-order valence-corrected chi connectivity index (χ3v) is 1.87. The zero-order valence-electron chi connectivity index (χ0n) is 9.96. The molecule has 0 N–H and O–H groups in total. The molecule has 0 spiro atoms. The highest BCUT2D eigenvalue weighted by Gasteiger charge is 2.15. The maximum absolute atomic E-state index is 11.4. The molecule has 1 aromatic heterocycles. The maximum atomic E-state index is 11.4. The SMILES string of the molecule is CCOC(=O)c1nnnn1CCOCCOC. The summed E-state index contributed by atoms with van der Waals surface area (Å²) >= 11 is 0. The van der Waals surface area contributed by atoms with Crippen LogP contribution in [0.2, 0.25) is 0 Å². The van der Waals surface area contributed by atoms with Gasteiger partial charge in [0, 0.05) is 7.11 Å². The number of carbonyl (C=O) groups is 1. The van der Waals surface area contributed by atoms with Gasteiger partial charge in [0.05, 0.1) is 33.0 Å². The van der Waals surface area contributed by atoms with E-state index in [1.165, 1.54) is 4.68 Å². The molecule has 0 saturated heterocycles. The molecule has 96 valence electrons. The van der Waals surface area contributed by atoms with Crippen LogP contribution in [-0.2, 0) is 20.8 Å². The van der Waals surface area contributed by atoms with Crippen molar-refractivity contribution in [2.75, 3.05) is 33.5 Å². The summed E-state index contributed by atoms with van der Waals surface area (Å²) in [6.07, 6.45) is 0. The molecule has 1 heterocycles. The molecule has 0 aromatic carbocycles. The van der Waals surface area contributed by atoms with Crippen molar-refractivity contribution in [1.82, 2.24) is 20.2 Å². The number of hydrogen-bond donors (Lipinski definition) is 0. The molecule has 1 aromatic rings. The number of esters is 1. The summed E-state index contributed by atoms with van der Waals surface area (Å²) in [5, 5.41) is 10.7. The summed E-state index contributed by atoms with van der Waals surface area (Å²) in [6, 6.07) is 0. The van der Waals surface area contributed by atoms with E-state index in [2.05, 4.69) is 15.5 Å². The number of ether oxygens (including phenoxy) is 3. The van der Waals surface area contributed by atoms with Crippen molar-refractivity contribution in [3.05, 3.63) is 5.82 Å². The highest BCUT2D eigenvalue weighted by atomic mass is 16.5. The lowest BCUT2D eigenvalue weighted by Crippen LogP contribution is -2.17. The fraction of sp³-hybridized carbons (Fsp3) is 0.778. The van der Waals surface area contributed by atoms with E-state index in [9.17, 15) is 4.79 Å². The second-order valence-electron chi connectivity index (χ2n) is 3.05. The van der Waals surface area contributed by atoms with Crippen molar-refractivity contribution >= 4 is 5.97 Å². The molecule has 8 heteroatoms. The number of hydrogen-bond acceptors (Lipinski definition) is 7. The lowest BCUT2D eigenvalue weighted by molar-refractivity contribution is 0.0487. The Balaban J connectivity index is 2.38. The number of rotatable bonds is 8. The standard InChI is InChI=1S/C9H16N4O4/c1-3-17-9(14)8-10-11-12-13(8)4-5-16-7-6-15-2/h3-7H2,1-2H3. The van der Waals surface area contributed by atoms with Crippen molar-refractivity contribution in [2.45, 2.75) is 13.5 Å². The second kappa shape index (κ2) is 7.69. The molecule has 0 radical (unpaired) electrons. The summed E-state index contributed by atoms with van der Waals surface area (Å²) in [7, 11) is 1.60. The Kier molecular flexibility index (Phi) is 6.12. The fourth-order valence-electron chi connectivity index (χ4n) is 1.09. The number of carbonyl (C=O) groups excluding carboxylic acids is 1. The van der Waals surface area contributed by atoms with Crippen LogP contribution in [0.25, 0.3) is 0 Å². The van der Waals surface area contributed by atoms with E-state index in [1.54, 1.807) is 14.0 Å². The minimum absolute atomic E-state index is 0.0854. The van der Waals surface area contributed by atoms with Gasteiger partial charge in [-0.15, -0.1) is 5.10 Å². The molecule has 1 rings (SSSR count). The minimum atomic E-state index is -0.533. The summed E-state index contributed by atoms with van der Waals surface area (Å²) in [5.41, 5.74) is 0. The van der Waals surface area contributed by atoms with Gasteiger partial charge in [-0.25, -0.2) is 9.48 Å². The van der Waals surface area contributed by atoms with Gasteiger partial charge >= 0.3 is 5.97 Å². The molecule has 0 bridgehead atoms. The average molecular weight is 244 g/mol. The van der Waals surface area contributed by atoms with Gasteiger partial charge in [0.25, 0.3) is 5.82 Å². The van der Waals surface area contributed by atoms with Crippen LogP contribution in [-0.4, -0.2) is 59.7 Å². The van der Waals surface area contributed by atoms with Crippen LogP contribution < -0.4 is 0 Å². The highest BCUT2D eigenvalue weighted by Crippen LogP contribution is 1.96. The minimum Gasteiger partial charge on any atom is -0.460 e. The number of tetrazole rings is 1. The van der Waals surface area contributed by atoms with Gasteiger partial charge in [-0.3, -0.25) is 0 Å². The summed E-state index contributed by atoms with van der Waals surface area (Å²) in [5.74, 6) is -0.448. The van der Waals surface area contributed by atoms with E-state index in [0.29, 0.717) is 26.4 Å². The molecular formula is C9H16N4O4. The molecular weight excluding hydrogens is 228 g/mol. The monoisotopic (exact) mass is 244 g/mol. The highest BCUT2D eigenvalue weighted by molar-refractivity contribution is 5.85. The fourth-order valence-corrected chi connectivity index (χ4v) is 1.09. The van der Waals surface area contributed by atoms with E-state index in [0.717, 1.165) is 0 Å². The molecule has 8 nitrogen and oxygen atoms in total. The largest absolute Gasteiger partial charge is 0.460 e. The Bertz CT molecular complexity index is 341. The Morgan fingerprint density at radius 3 is 2.88 bits per heavy atom. The van der Waals surface area contributed by atoms with Crippen molar-refractivity contribution in [3.63, 3.8) is 0 Å². The Morgan fingerprint density at radius 1 is 1.35 bits per heavy atom. The van der Waals surface area contributed by atoms with Gasteiger partial charge in [-0.05, 0) is 17.4 Å². The van der Waals surface area contributed by atoms with Gasteiger partial charge in [-0.2, -0.15) is 0 Å². The van der Waals surface area contributed by atoms with Crippen LogP contribution in [0, 0.1) is 0 Å². The number of methoxy groups -OCH3 is 1. The molecule has 0 unspecified atom stereocenters. The van der Waals surface area contributed by atoms with Gasteiger partial charge in [0.1, 0.15) is 0 Å². The van der Waals surface area contributed by atoms with Crippen molar-refractivity contribution in [3.8, 4) is 0 Å². The smallest absolute Gasteiger partial charge is 0.378 e. The van der Waals surface area contributed by atoms with Crippen LogP contribution in [0.15, 0.2) is 0 Å². The molecule has 0 amide bonds. The lowest BCUT2D eigenvalue weighted by Gasteiger charge is -2.05. The first-order valence-corrected chi connectivity index (χ1v) is 5.29. The van der Waals surface area contributed by atoms with E-state index in [1.807, 2.05) is 0 Å². The van der Waals surface area contributed by atoms with E-state index < -0.39 is 5.97 Å². The Labute approximate surface area is 98.8 Å². The van der Waals surface area contributed by atoms with E-state index >= 15 is 0 Å². The van der Waals surface area contributed by atoms with Crippen LogP contribution in [0.5, 0.6) is 0 Å². The normalized spacial score (nSPS) is 10.5. The second-order valence-corrected chi connectivity index (χ2v) is 3.05. The van der Waals surface area contributed by atoms with Crippen molar-refractivity contribution < 1.29 is 19.0 Å². The summed E-state index contributed by atoms with van der Waals surface area (Å²) < 4.78 is 16.2. The van der Waals surface area contributed by atoms with E-state index in [-0.39, 0.29) is 12.4 Å². The molecule has 17 heavy (non-hydrogen) atoms. The predicted molar refractivity (Wildman–Crippen MR) is 56.5 cm³/mol.